The first-order valence-electron chi connectivity index (χ1n) is 8.62. The molecule has 1 heteroatoms. The van der Waals surface area contributed by atoms with Crippen molar-refractivity contribution >= 4 is 0 Å². The fraction of sp³-hybridized carbons (Fsp3) is 1.00. The first-order valence-corrected chi connectivity index (χ1v) is 8.62. The van der Waals surface area contributed by atoms with Gasteiger partial charge < -0.3 is 5.32 Å². The summed E-state index contributed by atoms with van der Waals surface area (Å²) in [5.74, 6) is 5.38. The third-order valence-corrected chi connectivity index (χ3v) is 6.59. The van der Waals surface area contributed by atoms with Crippen molar-refractivity contribution in [2.45, 2.75) is 70.3 Å². The molecular formula is C17H29N. The van der Waals surface area contributed by atoms with E-state index < -0.39 is 0 Å². The van der Waals surface area contributed by atoms with Crippen LogP contribution in [0.5, 0.6) is 0 Å². The van der Waals surface area contributed by atoms with Crippen molar-refractivity contribution in [1.82, 2.24) is 5.32 Å². The molecule has 5 rings (SSSR count). The lowest BCUT2D eigenvalue weighted by Crippen LogP contribution is -2.55. The summed E-state index contributed by atoms with van der Waals surface area (Å²) in [5, 5.41) is 4.03. The second-order valence-electron chi connectivity index (χ2n) is 7.87. The third-order valence-electron chi connectivity index (χ3n) is 6.59. The molecule has 5 aliphatic carbocycles. The van der Waals surface area contributed by atoms with Crippen molar-refractivity contribution in [3.8, 4) is 0 Å². The second-order valence-corrected chi connectivity index (χ2v) is 7.87. The highest BCUT2D eigenvalue weighted by Crippen LogP contribution is 2.53. The Morgan fingerprint density at radius 1 is 0.722 bits per heavy atom. The molecule has 0 radical (unpaired) electrons. The topological polar surface area (TPSA) is 12.0 Å². The van der Waals surface area contributed by atoms with Gasteiger partial charge >= 0.3 is 0 Å². The summed E-state index contributed by atoms with van der Waals surface area (Å²) in [6.45, 7) is 1.34. The molecule has 0 heterocycles. The molecule has 0 amide bonds. The molecule has 1 nitrogen and oxygen atoms in total. The summed E-state index contributed by atoms with van der Waals surface area (Å²) >= 11 is 0. The Hall–Kier alpha value is -0.0400. The molecule has 5 fully saturated rings. The summed E-state index contributed by atoms with van der Waals surface area (Å²) in [5.41, 5.74) is 0. The van der Waals surface area contributed by atoms with E-state index >= 15 is 0 Å². The van der Waals surface area contributed by atoms with E-state index in [9.17, 15) is 0 Å². The predicted molar refractivity (Wildman–Crippen MR) is 75.4 cm³/mol. The van der Waals surface area contributed by atoms with Gasteiger partial charge in [-0.15, -0.1) is 0 Å². The summed E-state index contributed by atoms with van der Waals surface area (Å²) in [6.07, 6.45) is 15.3. The molecule has 4 bridgehead atoms. The van der Waals surface area contributed by atoms with Gasteiger partial charge in [0.1, 0.15) is 0 Å². The van der Waals surface area contributed by atoms with Gasteiger partial charge in [-0.25, -0.2) is 0 Å². The van der Waals surface area contributed by atoms with Crippen molar-refractivity contribution in [3.63, 3.8) is 0 Å². The summed E-state index contributed by atoms with van der Waals surface area (Å²) in [6, 6.07) is 0.916. The van der Waals surface area contributed by atoms with Crippen molar-refractivity contribution in [3.05, 3.63) is 0 Å². The van der Waals surface area contributed by atoms with Crippen molar-refractivity contribution in [2.24, 2.45) is 29.6 Å². The van der Waals surface area contributed by atoms with Crippen LogP contribution in [-0.2, 0) is 0 Å². The van der Waals surface area contributed by atoms with Crippen LogP contribution in [0.25, 0.3) is 0 Å². The molecule has 0 spiro atoms. The first kappa shape index (κ1) is 11.8. The molecule has 102 valence electrons. The van der Waals surface area contributed by atoms with E-state index in [-0.39, 0.29) is 0 Å². The smallest absolute Gasteiger partial charge is 0.0124 e. The fourth-order valence-electron chi connectivity index (χ4n) is 5.95. The quantitative estimate of drug-likeness (QED) is 0.795. The van der Waals surface area contributed by atoms with Crippen LogP contribution in [0, 0.1) is 29.6 Å². The minimum absolute atomic E-state index is 0.916. The maximum absolute atomic E-state index is 4.03. The minimum Gasteiger partial charge on any atom is -0.313 e. The second kappa shape index (κ2) is 4.81. The van der Waals surface area contributed by atoms with Gasteiger partial charge in [0.05, 0.1) is 0 Å². The van der Waals surface area contributed by atoms with Crippen LogP contribution in [-0.4, -0.2) is 12.6 Å². The molecule has 0 aromatic heterocycles. The van der Waals surface area contributed by atoms with Crippen LogP contribution in [0.3, 0.4) is 0 Å². The Kier molecular flexibility index (Phi) is 3.14. The van der Waals surface area contributed by atoms with Gasteiger partial charge in [0.25, 0.3) is 0 Å². The molecule has 5 aliphatic rings. The van der Waals surface area contributed by atoms with Gasteiger partial charge in [-0.3, -0.25) is 0 Å². The molecule has 18 heavy (non-hydrogen) atoms. The minimum atomic E-state index is 0.916. The van der Waals surface area contributed by atoms with Crippen LogP contribution in [0.2, 0.25) is 0 Å². The lowest BCUT2D eigenvalue weighted by Gasteiger charge is -2.55. The van der Waals surface area contributed by atoms with Crippen LogP contribution in [0.4, 0.5) is 0 Å². The van der Waals surface area contributed by atoms with E-state index in [4.69, 9.17) is 0 Å². The summed E-state index contributed by atoms with van der Waals surface area (Å²) in [4.78, 5) is 0. The van der Waals surface area contributed by atoms with E-state index in [0.717, 1.165) is 35.6 Å². The molecule has 0 aromatic carbocycles. The Balaban J connectivity index is 1.34. The Labute approximate surface area is 112 Å². The molecule has 5 saturated carbocycles. The van der Waals surface area contributed by atoms with Gasteiger partial charge in [-0.05, 0) is 81.1 Å². The zero-order valence-electron chi connectivity index (χ0n) is 11.7. The summed E-state index contributed by atoms with van der Waals surface area (Å²) in [7, 11) is 0. The molecule has 0 saturated heterocycles. The number of rotatable bonds is 3. The average molecular weight is 247 g/mol. The molecule has 0 aromatic rings. The highest BCUT2D eigenvalue weighted by Gasteiger charge is 2.47. The molecule has 0 unspecified atom stereocenters. The lowest BCUT2D eigenvalue weighted by molar-refractivity contribution is -0.0152. The van der Waals surface area contributed by atoms with Gasteiger partial charge in [-0.2, -0.15) is 0 Å². The van der Waals surface area contributed by atoms with Gasteiger partial charge in [0, 0.05) is 6.04 Å². The van der Waals surface area contributed by atoms with E-state index in [2.05, 4.69) is 5.32 Å². The van der Waals surface area contributed by atoms with E-state index in [1.807, 2.05) is 0 Å². The van der Waals surface area contributed by atoms with Crippen LogP contribution in [0.15, 0.2) is 0 Å². The first-order chi connectivity index (χ1) is 8.88. The van der Waals surface area contributed by atoms with Crippen LogP contribution in [0.1, 0.15) is 64.2 Å². The van der Waals surface area contributed by atoms with E-state index in [1.165, 1.54) is 38.6 Å². The van der Waals surface area contributed by atoms with Gasteiger partial charge in [0.2, 0.25) is 0 Å². The zero-order chi connectivity index (χ0) is 11.9. The van der Waals surface area contributed by atoms with E-state index in [0.29, 0.717) is 0 Å². The van der Waals surface area contributed by atoms with Crippen molar-refractivity contribution in [2.75, 3.05) is 6.54 Å². The average Bonchev–Trinajstić information content (AvgIpc) is 2.38. The Morgan fingerprint density at radius 2 is 1.33 bits per heavy atom. The third kappa shape index (κ3) is 2.13. The predicted octanol–water partition coefficient (Wildman–Crippen LogP) is 3.98. The normalized spacial score (nSPS) is 47.7. The standard InChI is InChI=1S/C17H29N/c1-2-4-12(5-3-1)11-18-17-15-7-13-6-14(9-15)10-16(17)8-13/h12-18H,1-11H2. The fourth-order valence-corrected chi connectivity index (χ4v) is 5.95. The molecule has 0 atom stereocenters. The number of hydrogen-bond donors (Lipinski definition) is 1. The summed E-state index contributed by atoms with van der Waals surface area (Å²) < 4.78 is 0. The van der Waals surface area contributed by atoms with E-state index in [1.54, 1.807) is 32.1 Å². The maximum atomic E-state index is 4.03. The maximum Gasteiger partial charge on any atom is 0.0124 e. The zero-order valence-corrected chi connectivity index (χ0v) is 11.7. The SMILES string of the molecule is C1CCC(CNC2C3CC4CC(C3)CC2C4)CC1. The van der Waals surface area contributed by atoms with Crippen LogP contribution < -0.4 is 5.32 Å². The highest BCUT2D eigenvalue weighted by molar-refractivity contribution is 5.01. The monoisotopic (exact) mass is 247 g/mol. The largest absolute Gasteiger partial charge is 0.313 e. The molecular weight excluding hydrogens is 218 g/mol. The number of hydrogen-bond acceptors (Lipinski definition) is 1. The number of nitrogens with one attached hydrogen (secondary N) is 1. The van der Waals surface area contributed by atoms with Crippen molar-refractivity contribution in [1.29, 1.82) is 0 Å². The Bertz CT molecular complexity index is 264. The van der Waals surface area contributed by atoms with Gasteiger partial charge in [-0.1, -0.05) is 19.3 Å². The Morgan fingerprint density at radius 3 is 1.94 bits per heavy atom. The highest BCUT2D eigenvalue weighted by atomic mass is 14.9. The van der Waals surface area contributed by atoms with Crippen molar-refractivity contribution < 1.29 is 0 Å². The lowest BCUT2D eigenvalue weighted by atomic mass is 9.54. The molecule has 0 aliphatic heterocycles. The molecule has 1 N–H and O–H groups in total. The van der Waals surface area contributed by atoms with Gasteiger partial charge in [0.15, 0.2) is 0 Å². The van der Waals surface area contributed by atoms with Crippen LogP contribution >= 0.6 is 0 Å².